The van der Waals surface area contributed by atoms with Crippen molar-refractivity contribution in [3.8, 4) is 0 Å². The van der Waals surface area contributed by atoms with Crippen LogP contribution in [-0.2, 0) is 28.9 Å². The van der Waals surface area contributed by atoms with Crippen LogP contribution in [0.5, 0.6) is 0 Å². The van der Waals surface area contributed by atoms with E-state index >= 15 is 0 Å². The fourth-order valence-corrected chi connectivity index (χ4v) is 3.66. The Morgan fingerprint density at radius 1 is 1.09 bits per heavy atom. The molecule has 1 aliphatic carbocycles. The summed E-state index contributed by atoms with van der Waals surface area (Å²) >= 11 is 0. The SMILES string of the molecule is O=C(O)C1CCCCN1C(=O)Cc1ccc2c(c1)CCCC2. The Kier molecular flexibility index (Phi) is 4.46. The summed E-state index contributed by atoms with van der Waals surface area (Å²) < 4.78 is 0. The second-order valence-electron chi connectivity index (χ2n) is 6.42. The van der Waals surface area contributed by atoms with E-state index in [4.69, 9.17) is 0 Å². The van der Waals surface area contributed by atoms with Gasteiger partial charge in [0.1, 0.15) is 6.04 Å². The standard InChI is InChI=1S/C18H23NO3/c20-17(19-10-4-3-7-16(19)18(21)22)12-13-8-9-14-5-1-2-6-15(14)11-13/h8-9,11,16H,1-7,10,12H2,(H,21,22). The molecular weight excluding hydrogens is 278 g/mol. The molecule has 4 nitrogen and oxygen atoms in total. The third-order valence-corrected chi connectivity index (χ3v) is 4.88. The lowest BCUT2D eigenvalue weighted by molar-refractivity contribution is -0.151. The van der Waals surface area contributed by atoms with E-state index in [0.717, 1.165) is 31.2 Å². The Morgan fingerprint density at radius 2 is 1.86 bits per heavy atom. The zero-order valence-corrected chi connectivity index (χ0v) is 12.9. The van der Waals surface area contributed by atoms with E-state index in [1.165, 1.54) is 24.0 Å². The highest BCUT2D eigenvalue weighted by Crippen LogP contribution is 2.23. The van der Waals surface area contributed by atoms with Crippen molar-refractivity contribution in [2.75, 3.05) is 6.54 Å². The van der Waals surface area contributed by atoms with Crippen LogP contribution in [0.4, 0.5) is 0 Å². The van der Waals surface area contributed by atoms with Gasteiger partial charge in [-0.3, -0.25) is 4.79 Å². The minimum absolute atomic E-state index is 0.0529. The predicted molar refractivity (Wildman–Crippen MR) is 83.8 cm³/mol. The average Bonchev–Trinajstić information content (AvgIpc) is 2.54. The number of fused-ring (bicyclic) bond motifs is 1. The molecule has 22 heavy (non-hydrogen) atoms. The van der Waals surface area contributed by atoms with Crippen LogP contribution in [0, 0.1) is 0 Å². The Morgan fingerprint density at radius 3 is 2.64 bits per heavy atom. The first kappa shape index (κ1) is 15.1. The molecule has 1 N–H and O–H groups in total. The number of carboxylic acid groups (broad SMARTS) is 1. The molecule has 1 amide bonds. The van der Waals surface area contributed by atoms with Crippen LogP contribution in [0.1, 0.15) is 48.8 Å². The van der Waals surface area contributed by atoms with E-state index in [2.05, 4.69) is 12.1 Å². The molecule has 1 fully saturated rings. The number of carbonyl (C=O) groups excluding carboxylic acids is 1. The molecule has 118 valence electrons. The van der Waals surface area contributed by atoms with Crippen molar-refractivity contribution in [2.24, 2.45) is 0 Å². The molecule has 1 atom stereocenters. The molecule has 0 bridgehead atoms. The van der Waals surface area contributed by atoms with Gasteiger partial charge in [-0.25, -0.2) is 4.79 Å². The molecule has 0 radical (unpaired) electrons. The summed E-state index contributed by atoms with van der Waals surface area (Å²) in [6.45, 7) is 0.570. The number of amides is 1. The topological polar surface area (TPSA) is 57.6 Å². The van der Waals surface area contributed by atoms with Crippen LogP contribution >= 0.6 is 0 Å². The lowest BCUT2D eigenvalue weighted by atomic mass is 9.90. The van der Waals surface area contributed by atoms with Crippen LogP contribution in [0.25, 0.3) is 0 Å². The fraction of sp³-hybridized carbons (Fsp3) is 0.556. The molecule has 2 aliphatic rings. The summed E-state index contributed by atoms with van der Waals surface area (Å²) in [6, 6.07) is 5.68. The highest BCUT2D eigenvalue weighted by atomic mass is 16.4. The first-order valence-corrected chi connectivity index (χ1v) is 8.28. The van der Waals surface area contributed by atoms with Gasteiger partial charge in [0.2, 0.25) is 5.91 Å². The quantitative estimate of drug-likeness (QED) is 0.933. The summed E-state index contributed by atoms with van der Waals surface area (Å²) in [4.78, 5) is 25.4. The number of likely N-dealkylation sites (tertiary alicyclic amines) is 1. The molecule has 4 heteroatoms. The minimum atomic E-state index is -0.876. The summed E-state index contributed by atoms with van der Waals surface area (Å²) in [6.07, 6.45) is 7.38. The van der Waals surface area contributed by atoms with Crippen molar-refractivity contribution in [3.05, 3.63) is 34.9 Å². The molecule has 1 heterocycles. The van der Waals surface area contributed by atoms with Gasteiger partial charge in [-0.05, 0) is 61.6 Å². The molecule has 1 aliphatic heterocycles. The van der Waals surface area contributed by atoms with Crippen molar-refractivity contribution < 1.29 is 14.7 Å². The first-order valence-electron chi connectivity index (χ1n) is 8.28. The Balaban J connectivity index is 1.71. The van der Waals surface area contributed by atoms with Gasteiger partial charge >= 0.3 is 5.97 Å². The molecule has 1 aromatic rings. The maximum atomic E-state index is 12.5. The van der Waals surface area contributed by atoms with Crippen LogP contribution in [0.3, 0.4) is 0 Å². The molecular formula is C18H23NO3. The summed E-state index contributed by atoms with van der Waals surface area (Å²) in [5.41, 5.74) is 3.79. The average molecular weight is 301 g/mol. The number of carbonyl (C=O) groups is 2. The Bertz CT molecular complexity index is 582. The van der Waals surface area contributed by atoms with Gasteiger partial charge in [0.15, 0.2) is 0 Å². The van der Waals surface area contributed by atoms with Gasteiger partial charge in [0.05, 0.1) is 6.42 Å². The van der Waals surface area contributed by atoms with Gasteiger partial charge < -0.3 is 10.0 Å². The number of nitrogens with zero attached hydrogens (tertiary/aromatic N) is 1. The van der Waals surface area contributed by atoms with E-state index in [9.17, 15) is 14.7 Å². The smallest absolute Gasteiger partial charge is 0.326 e. The lowest BCUT2D eigenvalue weighted by Crippen LogP contribution is -2.48. The largest absolute Gasteiger partial charge is 0.480 e. The van der Waals surface area contributed by atoms with Gasteiger partial charge in [-0.15, -0.1) is 0 Å². The number of rotatable bonds is 3. The lowest BCUT2D eigenvalue weighted by Gasteiger charge is -2.33. The molecule has 1 unspecified atom stereocenters. The third kappa shape index (κ3) is 3.16. The van der Waals surface area contributed by atoms with Crippen molar-refractivity contribution in [2.45, 2.75) is 57.4 Å². The molecule has 0 saturated carbocycles. The van der Waals surface area contributed by atoms with E-state index in [-0.39, 0.29) is 5.91 Å². The summed E-state index contributed by atoms with van der Waals surface area (Å²) in [5, 5.41) is 9.29. The normalized spacial score (nSPS) is 21.3. The zero-order valence-electron chi connectivity index (χ0n) is 12.9. The highest BCUT2D eigenvalue weighted by molar-refractivity contribution is 5.85. The third-order valence-electron chi connectivity index (χ3n) is 4.88. The predicted octanol–water partition coefficient (Wildman–Crippen LogP) is 2.57. The van der Waals surface area contributed by atoms with E-state index in [0.29, 0.717) is 19.4 Å². The zero-order chi connectivity index (χ0) is 15.5. The maximum absolute atomic E-state index is 12.5. The van der Waals surface area contributed by atoms with Crippen molar-refractivity contribution in [3.63, 3.8) is 0 Å². The van der Waals surface area contributed by atoms with Gasteiger partial charge in [-0.2, -0.15) is 0 Å². The number of aliphatic carboxylic acids is 1. The Labute approximate surface area is 131 Å². The number of piperidine rings is 1. The number of aryl methyl sites for hydroxylation is 2. The number of hydrogen-bond acceptors (Lipinski definition) is 2. The molecule has 3 rings (SSSR count). The molecule has 1 aromatic carbocycles. The first-order chi connectivity index (χ1) is 10.6. The molecule has 0 aromatic heterocycles. The van der Waals surface area contributed by atoms with Crippen molar-refractivity contribution >= 4 is 11.9 Å². The van der Waals surface area contributed by atoms with Gasteiger partial charge in [-0.1, -0.05) is 18.2 Å². The number of benzene rings is 1. The number of hydrogen-bond donors (Lipinski definition) is 1. The van der Waals surface area contributed by atoms with Crippen LogP contribution in [0.15, 0.2) is 18.2 Å². The van der Waals surface area contributed by atoms with Crippen LogP contribution in [0.2, 0.25) is 0 Å². The van der Waals surface area contributed by atoms with Crippen LogP contribution < -0.4 is 0 Å². The maximum Gasteiger partial charge on any atom is 0.326 e. The van der Waals surface area contributed by atoms with Gasteiger partial charge in [0.25, 0.3) is 0 Å². The van der Waals surface area contributed by atoms with Crippen LogP contribution in [-0.4, -0.2) is 34.5 Å². The van der Waals surface area contributed by atoms with E-state index in [1.54, 1.807) is 4.90 Å². The summed E-state index contributed by atoms with van der Waals surface area (Å²) in [5.74, 6) is -0.929. The minimum Gasteiger partial charge on any atom is -0.480 e. The molecule has 1 saturated heterocycles. The second-order valence-corrected chi connectivity index (χ2v) is 6.42. The fourth-order valence-electron chi connectivity index (χ4n) is 3.66. The van der Waals surface area contributed by atoms with Crippen molar-refractivity contribution in [1.82, 2.24) is 4.90 Å². The number of carboxylic acids is 1. The Hall–Kier alpha value is -1.84. The van der Waals surface area contributed by atoms with E-state index < -0.39 is 12.0 Å². The second kappa shape index (κ2) is 6.51. The molecule has 0 spiro atoms. The van der Waals surface area contributed by atoms with Crippen molar-refractivity contribution in [1.29, 1.82) is 0 Å². The summed E-state index contributed by atoms with van der Waals surface area (Å²) in [7, 11) is 0. The monoisotopic (exact) mass is 301 g/mol. The van der Waals surface area contributed by atoms with Gasteiger partial charge in [0, 0.05) is 6.54 Å². The van der Waals surface area contributed by atoms with E-state index in [1.807, 2.05) is 6.07 Å². The highest BCUT2D eigenvalue weighted by Gasteiger charge is 2.31.